The number of hydrogen-bond donors (Lipinski definition) is 2. The standard InChI is InChI=1S/C16H18N2O5S/c1-22-14-6-4-3-5-11(14)10-18-16(19)13-9-12(24(17,20)21)7-8-15(13)23-2/h3-9H,10H2,1-2H3,(H,18,19)(H2,17,20,21). The minimum Gasteiger partial charge on any atom is -0.496 e. The molecule has 24 heavy (non-hydrogen) atoms. The number of carbonyl (C=O) groups is 1. The van der Waals surface area contributed by atoms with Crippen molar-refractivity contribution in [1.82, 2.24) is 5.32 Å². The monoisotopic (exact) mass is 350 g/mol. The molecule has 0 heterocycles. The molecule has 2 rings (SSSR count). The molecule has 0 saturated heterocycles. The number of methoxy groups -OCH3 is 2. The summed E-state index contributed by atoms with van der Waals surface area (Å²) in [4.78, 5) is 12.2. The lowest BCUT2D eigenvalue weighted by Crippen LogP contribution is -2.24. The van der Waals surface area contributed by atoms with Crippen LogP contribution in [-0.4, -0.2) is 28.5 Å². The van der Waals surface area contributed by atoms with Gasteiger partial charge in [-0.3, -0.25) is 4.79 Å². The van der Waals surface area contributed by atoms with Crippen LogP contribution in [0.5, 0.6) is 11.5 Å². The minimum absolute atomic E-state index is 0.0823. The van der Waals surface area contributed by atoms with E-state index in [4.69, 9.17) is 14.6 Å². The van der Waals surface area contributed by atoms with Crippen molar-refractivity contribution in [3.8, 4) is 11.5 Å². The zero-order chi connectivity index (χ0) is 17.7. The lowest BCUT2D eigenvalue weighted by atomic mass is 10.1. The van der Waals surface area contributed by atoms with Crippen molar-refractivity contribution < 1.29 is 22.7 Å². The Morgan fingerprint density at radius 2 is 1.75 bits per heavy atom. The maximum Gasteiger partial charge on any atom is 0.255 e. The Labute approximate surface area is 140 Å². The minimum atomic E-state index is -3.92. The lowest BCUT2D eigenvalue weighted by Gasteiger charge is -2.12. The van der Waals surface area contributed by atoms with Crippen molar-refractivity contribution in [2.45, 2.75) is 11.4 Å². The highest BCUT2D eigenvalue weighted by molar-refractivity contribution is 7.89. The van der Waals surface area contributed by atoms with Gasteiger partial charge in [0.1, 0.15) is 11.5 Å². The summed E-state index contributed by atoms with van der Waals surface area (Å²) in [6.07, 6.45) is 0. The molecular weight excluding hydrogens is 332 g/mol. The number of amides is 1. The molecule has 0 unspecified atom stereocenters. The quantitative estimate of drug-likeness (QED) is 0.816. The largest absolute Gasteiger partial charge is 0.496 e. The van der Waals surface area contributed by atoms with Crippen LogP contribution < -0.4 is 19.9 Å². The zero-order valence-electron chi connectivity index (χ0n) is 13.3. The third-order valence-electron chi connectivity index (χ3n) is 3.38. The number of hydrogen-bond acceptors (Lipinski definition) is 5. The summed E-state index contributed by atoms with van der Waals surface area (Å²) in [6, 6.07) is 11.1. The summed E-state index contributed by atoms with van der Waals surface area (Å²) in [5.41, 5.74) is 0.869. The number of benzene rings is 2. The molecular formula is C16H18N2O5S. The summed E-state index contributed by atoms with van der Waals surface area (Å²) in [7, 11) is -0.984. The van der Waals surface area contributed by atoms with Gasteiger partial charge in [0.2, 0.25) is 10.0 Å². The topological polar surface area (TPSA) is 108 Å². The van der Waals surface area contributed by atoms with E-state index in [1.54, 1.807) is 13.2 Å². The number of carbonyl (C=O) groups excluding carboxylic acids is 1. The molecule has 7 nitrogen and oxygen atoms in total. The van der Waals surface area contributed by atoms with Gasteiger partial charge >= 0.3 is 0 Å². The molecule has 0 bridgehead atoms. The van der Waals surface area contributed by atoms with Crippen molar-refractivity contribution in [3.63, 3.8) is 0 Å². The van der Waals surface area contributed by atoms with Gasteiger partial charge in [-0.25, -0.2) is 13.6 Å². The van der Waals surface area contributed by atoms with E-state index < -0.39 is 15.9 Å². The van der Waals surface area contributed by atoms with E-state index >= 15 is 0 Å². The van der Waals surface area contributed by atoms with Crippen molar-refractivity contribution in [1.29, 1.82) is 0 Å². The SMILES string of the molecule is COc1ccccc1CNC(=O)c1cc(S(N)(=O)=O)ccc1OC. The molecule has 1 amide bonds. The smallest absolute Gasteiger partial charge is 0.255 e. The third-order valence-corrected chi connectivity index (χ3v) is 4.29. The Morgan fingerprint density at radius 3 is 2.38 bits per heavy atom. The average Bonchev–Trinajstić information content (AvgIpc) is 2.58. The molecule has 0 aliphatic rings. The van der Waals surface area contributed by atoms with Crippen LogP contribution in [0.25, 0.3) is 0 Å². The first-order valence-corrected chi connectivity index (χ1v) is 8.52. The molecule has 0 spiro atoms. The fraction of sp³-hybridized carbons (Fsp3) is 0.188. The fourth-order valence-electron chi connectivity index (χ4n) is 2.16. The molecule has 128 valence electrons. The fourth-order valence-corrected chi connectivity index (χ4v) is 2.70. The van der Waals surface area contributed by atoms with Gasteiger partial charge in [0.25, 0.3) is 5.91 Å². The molecule has 0 radical (unpaired) electrons. The van der Waals surface area contributed by atoms with E-state index in [1.165, 1.54) is 25.3 Å². The number of rotatable bonds is 6. The van der Waals surface area contributed by atoms with Crippen LogP contribution in [0.4, 0.5) is 0 Å². The van der Waals surface area contributed by atoms with Crippen LogP contribution in [0.15, 0.2) is 47.4 Å². The number of nitrogens with one attached hydrogen (secondary N) is 1. The predicted octanol–water partition coefficient (Wildman–Crippen LogP) is 1.28. The molecule has 8 heteroatoms. The second-order valence-corrected chi connectivity index (χ2v) is 6.46. The van der Waals surface area contributed by atoms with Crippen LogP contribution in [-0.2, 0) is 16.6 Å². The van der Waals surface area contributed by atoms with Crippen LogP contribution in [0.3, 0.4) is 0 Å². The molecule has 2 aromatic rings. The predicted molar refractivity (Wildman–Crippen MR) is 88.5 cm³/mol. The summed E-state index contributed by atoms with van der Waals surface area (Å²) in [5, 5.41) is 7.81. The summed E-state index contributed by atoms with van der Waals surface area (Å²) in [5.74, 6) is 0.409. The second kappa shape index (κ2) is 7.33. The van der Waals surface area contributed by atoms with E-state index in [-0.39, 0.29) is 22.8 Å². The Morgan fingerprint density at radius 1 is 1.08 bits per heavy atom. The van der Waals surface area contributed by atoms with E-state index in [9.17, 15) is 13.2 Å². The molecule has 0 atom stereocenters. The van der Waals surface area contributed by atoms with Crippen LogP contribution >= 0.6 is 0 Å². The molecule has 0 fully saturated rings. The number of ether oxygens (including phenoxy) is 2. The maximum atomic E-state index is 12.4. The van der Waals surface area contributed by atoms with Crippen molar-refractivity contribution in [3.05, 3.63) is 53.6 Å². The Balaban J connectivity index is 2.26. The van der Waals surface area contributed by atoms with E-state index in [0.717, 1.165) is 5.56 Å². The van der Waals surface area contributed by atoms with Gasteiger partial charge in [-0.05, 0) is 24.3 Å². The first kappa shape index (κ1) is 17.8. The lowest BCUT2D eigenvalue weighted by molar-refractivity contribution is 0.0947. The van der Waals surface area contributed by atoms with Crippen LogP contribution in [0, 0.1) is 0 Å². The van der Waals surface area contributed by atoms with E-state index in [0.29, 0.717) is 5.75 Å². The summed E-state index contributed by atoms with van der Waals surface area (Å²) < 4.78 is 33.2. The van der Waals surface area contributed by atoms with Gasteiger partial charge in [-0.15, -0.1) is 0 Å². The summed E-state index contributed by atoms with van der Waals surface area (Å²) >= 11 is 0. The maximum absolute atomic E-state index is 12.4. The second-order valence-electron chi connectivity index (χ2n) is 4.90. The molecule has 0 saturated carbocycles. The van der Waals surface area contributed by atoms with Crippen LogP contribution in [0.1, 0.15) is 15.9 Å². The average molecular weight is 350 g/mol. The summed E-state index contributed by atoms with van der Waals surface area (Å²) in [6.45, 7) is 0.214. The first-order chi connectivity index (χ1) is 11.4. The zero-order valence-corrected chi connectivity index (χ0v) is 14.1. The van der Waals surface area contributed by atoms with E-state index in [1.807, 2.05) is 18.2 Å². The molecule has 2 aromatic carbocycles. The Kier molecular flexibility index (Phi) is 5.42. The van der Waals surface area contributed by atoms with Crippen LogP contribution in [0.2, 0.25) is 0 Å². The van der Waals surface area contributed by atoms with Gasteiger partial charge in [-0.2, -0.15) is 0 Å². The Hall–Kier alpha value is -2.58. The normalized spacial score (nSPS) is 11.0. The molecule has 3 N–H and O–H groups in total. The molecule has 0 aliphatic carbocycles. The highest BCUT2D eigenvalue weighted by Gasteiger charge is 2.17. The van der Waals surface area contributed by atoms with Gasteiger partial charge in [-0.1, -0.05) is 18.2 Å². The number of nitrogens with two attached hydrogens (primary N) is 1. The third kappa shape index (κ3) is 4.03. The van der Waals surface area contributed by atoms with Gasteiger partial charge in [0.15, 0.2) is 0 Å². The van der Waals surface area contributed by atoms with E-state index in [2.05, 4.69) is 5.32 Å². The van der Waals surface area contributed by atoms with Gasteiger partial charge in [0.05, 0.1) is 24.7 Å². The molecule has 0 aromatic heterocycles. The van der Waals surface area contributed by atoms with Crippen molar-refractivity contribution in [2.75, 3.05) is 14.2 Å². The van der Waals surface area contributed by atoms with Gasteiger partial charge < -0.3 is 14.8 Å². The van der Waals surface area contributed by atoms with Gasteiger partial charge in [0, 0.05) is 12.1 Å². The molecule has 0 aliphatic heterocycles. The number of sulfonamides is 1. The highest BCUT2D eigenvalue weighted by atomic mass is 32.2. The Bertz CT molecular complexity index is 849. The number of primary sulfonamides is 1. The van der Waals surface area contributed by atoms with Crippen molar-refractivity contribution >= 4 is 15.9 Å². The number of para-hydroxylation sites is 1. The first-order valence-electron chi connectivity index (χ1n) is 6.97. The highest BCUT2D eigenvalue weighted by Crippen LogP contribution is 2.22. The van der Waals surface area contributed by atoms with Crippen molar-refractivity contribution in [2.24, 2.45) is 5.14 Å².